The highest BCUT2D eigenvalue weighted by Gasteiger charge is 2.48. The minimum absolute atomic E-state index is 0.0494. The smallest absolute Gasteiger partial charge is 0.251 e. The van der Waals surface area contributed by atoms with Crippen LogP contribution in [0.1, 0.15) is 20.7 Å². The Morgan fingerprint density at radius 2 is 1.55 bits per heavy atom. The number of phenols is 2. The number of aliphatic hydroxyl groups excluding tert-OH is 1. The third kappa shape index (κ3) is 4.83. The second kappa shape index (κ2) is 8.48. The molecule has 3 atom stereocenters. The fourth-order valence-corrected chi connectivity index (χ4v) is 3.03. The van der Waals surface area contributed by atoms with Crippen LogP contribution in [-0.4, -0.2) is 69.7 Å². The normalized spacial score (nSPS) is 23.5. The van der Waals surface area contributed by atoms with Gasteiger partial charge >= 0.3 is 0 Å². The highest BCUT2D eigenvalue weighted by Crippen LogP contribution is 2.24. The third-order valence-corrected chi connectivity index (χ3v) is 4.69. The lowest BCUT2D eigenvalue weighted by Crippen LogP contribution is -2.53. The van der Waals surface area contributed by atoms with Crippen LogP contribution >= 0.6 is 0 Å². The highest BCUT2D eigenvalue weighted by molar-refractivity contribution is 5.95. The van der Waals surface area contributed by atoms with Gasteiger partial charge in [0.15, 0.2) is 0 Å². The summed E-state index contributed by atoms with van der Waals surface area (Å²) in [6.07, 6.45) is -2.23. The molecule has 9 nitrogen and oxygen atoms in total. The van der Waals surface area contributed by atoms with Crippen molar-refractivity contribution in [1.82, 2.24) is 10.6 Å². The summed E-state index contributed by atoms with van der Waals surface area (Å²) < 4.78 is 5.39. The molecule has 2 aromatic rings. The Morgan fingerprint density at radius 1 is 1.00 bits per heavy atom. The molecule has 1 fully saturated rings. The second-order valence-corrected chi connectivity index (χ2v) is 6.89. The molecule has 1 heterocycles. The van der Waals surface area contributed by atoms with Gasteiger partial charge in [-0.2, -0.15) is 0 Å². The lowest BCUT2D eigenvalue weighted by Gasteiger charge is -2.26. The van der Waals surface area contributed by atoms with E-state index in [4.69, 9.17) is 4.74 Å². The molecule has 154 valence electrons. The summed E-state index contributed by atoms with van der Waals surface area (Å²) in [6.45, 7) is -0.584. The van der Waals surface area contributed by atoms with Crippen molar-refractivity contribution < 1.29 is 34.8 Å². The number of aromatic hydroxyl groups is 2. The van der Waals surface area contributed by atoms with Gasteiger partial charge in [0.05, 0.1) is 13.2 Å². The summed E-state index contributed by atoms with van der Waals surface area (Å²) in [6, 6.07) is 11.5. The number of phenolic OH excluding ortho intramolecular Hbond substituents is 2. The van der Waals surface area contributed by atoms with Gasteiger partial charge in [-0.1, -0.05) is 12.1 Å². The number of benzene rings is 2. The standard InChI is InChI=1S/C20H22N2O7/c23-14-5-1-3-12(7-14)18(26)21-9-16-17(25)20(28,11-29-16)10-22-19(27)13-4-2-6-15(24)8-13/h1-8,16-17,23-25,28H,9-11H2,(H,21,26)(H,22,27)/t16-,17-,20+/m1/s1. The number of carbonyl (C=O) groups excluding carboxylic acids is 2. The number of rotatable bonds is 6. The topological polar surface area (TPSA) is 148 Å². The van der Waals surface area contributed by atoms with E-state index >= 15 is 0 Å². The van der Waals surface area contributed by atoms with E-state index in [-0.39, 0.29) is 42.3 Å². The first-order valence-electron chi connectivity index (χ1n) is 8.95. The van der Waals surface area contributed by atoms with Crippen LogP contribution in [0.25, 0.3) is 0 Å². The molecule has 3 rings (SSSR count). The first-order chi connectivity index (χ1) is 13.8. The maximum atomic E-state index is 12.2. The zero-order valence-corrected chi connectivity index (χ0v) is 15.4. The largest absolute Gasteiger partial charge is 0.508 e. The van der Waals surface area contributed by atoms with Crippen LogP contribution in [0.2, 0.25) is 0 Å². The Labute approximate surface area is 166 Å². The van der Waals surface area contributed by atoms with Crippen molar-refractivity contribution in [1.29, 1.82) is 0 Å². The molecule has 0 radical (unpaired) electrons. The Bertz CT molecular complexity index is 904. The molecule has 0 saturated carbocycles. The molecule has 29 heavy (non-hydrogen) atoms. The SMILES string of the molecule is O=C(NC[C@H]1OC[C@@](O)(CNC(=O)c2cccc(O)c2)[C@@H]1O)c1cccc(O)c1. The summed E-state index contributed by atoms with van der Waals surface area (Å²) >= 11 is 0. The zero-order valence-electron chi connectivity index (χ0n) is 15.4. The second-order valence-electron chi connectivity index (χ2n) is 6.89. The van der Waals surface area contributed by atoms with Crippen LogP contribution in [0, 0.1) is 0 Å². The number of hydrogen-bond acceptors (Lipinski definition) is 7. The summed E-state index contributed by atoms with van der Waals surface area (Å²) in [5.41, 5.74) is -1.28. The number of ether oxygens (including phenoxy) is 1. The van der Waals surface area contributed by atoms with E-state index in [1.54, 1.807) is 0 Å². The summed E-state index contributed by atoms with van der Waals surface area (Å²) in [7, 11) is 0. The molecule has 6 N–H and O–H groups in total. The number of carbonyl (C=O) groups is 2. The van der Waals surface area contributed by atoms with E-state index in [0.29, 0.717) is 0 Å². The van der Waals surface area contributed by atoms with E-state index in [0.717, 1.165) is 0 Å². The quantitative estimate of drug-likeness (QED) is 0.390. The molecule has 9 heteroatoms. The molecule has 0 unspecified atom stereocenters. The van der Waals surface area contributed by atoms with Crippen LogP contribution < -0.4 is 10.6 Å². The average Bonchev–Trinajstić information content (AvgIpc) is 2.99. The monoisotopic (exact) mass is 402 g/mol. The van der Waals surface area contributed by atoms with Gasteiger partial charge in [-0.05, 0) is 36.4 Å². The third-order valence-electron chi connectivity index (χ3n) is 4.69. The molecule has 1 saturated heterocycles. The Kier molecular flexibility index (Phi) is 6.02. The number of aliphatic hydroxyl groups is 2. The van der Waals surface area contributed by atoms with Crippen LogP contribution in [0.3, 0.4) is 0 Å². The van der Waals surface area contributed by atoms with Gasteiger partial charge in [-0.3, -0.25) is 9.59 Å². The average molecular weight is 402 g/mol. The van der Waals surface area contributed by atoms with E-state index in [1.165, 1.54) is 48.5 Å². The molecule has 0 aromatic heterocycles. The van der Waals surface area contributed by atoms with Gasteiger partial charge in [0.2, 0.25) is 0 Å². The molecule has 0 spiro atoms. The first-order valence-corrected chi connectivity index (χ1v) is 8.95. The van der Waals surface area contributed by atoms with Gasteiger partial charge in [-0.15, -0.1) is 0 Å². The maximum absolute atomic E-state index is 12.2. The lowest BCUT2D eigenvalue weighted by atomic mass is 9.96. The van der Waals surface area contributed by atoms with Crippen LogP contribution in [0.4, 0.5) is 0 Å². The Hall–Kier alpha value is -3.14. The van der Waals surface area contributed by atoms with Crippen LogP contribution in [-0.2, 0) is 4.74 Å². The van der Waals surface area contributed by atoms with Crippen molar-refractivity contribution in [3.05, 3.63) is 59.7 Å². The fraction of sp³-hybridized carbons (Fsp3) is 0.300. The predicted molar refractivity (Wildman–Crippen MR) is 102 cm³/mol. The molecule has 1 aliphatic heterocycles. The molecule has 2 amide bonds. The Morgan fingerprint density at radius 3 is 2.10 bits per heavy atom. The molecule has 2 aromatic carbocycles. The molecule has 0 aliphatic carbocycles. The van der Waals surface area contributed by atoms with Gasteiger partial charge in [0.25, 0.3) is 11.8 Å². The Balaban J connectivity index is 1.53. The van der Waals surface area contributed by atoms with Gasteiger partial charge in [0.1, 0.15) is 29.3 Å². The number of nitrogens with one attached hydrogen (secondary N) is 2. The van der Waals surface area contributed by atoms with E-state index in [9.17, 15) is 30.0 Å². The zero-order chi connectivity index (χ0) is 21.0. The van der Waals surface area contributed by atoms with Gasteiger partial charge in [0, 0.05) is 17.7 Å². The van der Waals surface area contributed by atoms with Gasteiger partial charge < -0.3 is 35.8 Å². The van der Waals surface area contributed by atoms with Crippen LogP contribution in [0.15, 0.2) is 48.5 Å². The van der Waals surface area contributed by atoms with Crippen molar-refractivity contribution in [3.8, 4) is 11.5 Å². The number of hydrogen-bond donors (Lipinski definition) is 6. The fourth-order valence-electron chi connectivity index (χ4n) is 3.03. The predicted octanol–water partition coefficient (Wildman–Crippen LogP) is -0.252. The maximum Gasteiger partial charge on any atom is 0.251 e. The summed E-state index contributed by atoms with van der Waals surface area (Å²) in [5.74, 6) is -1.11. The molecule has 1 aliphatic rings. The summed E-state index contributed by atoms with van der Waals surface area (Å²) in [5, 5.41) is 45.0. The minimum Gasteiger partial charge on any atom is -0.508 e. The van der Waals surface area contributed by atoms with Crippen molar-refractivity contribution in [3.63, 3.8) is 0 Å². The van der Waals surface area contributed by atoms with Crippen molar-refractivity contribution in [2.75, 3.05) is 19.7 Å². The van der Waals surface area contributed by atoms with E-state index < -0.39 is 29.6 Å². The van der Waals surface area contributed by atoms with Crippen molar-refractivity contribution >= 4 is 11.8 Å². The number of amides is 2. The van der Waals surface area contributed by atoms with Gasteiger partial charge in [-0.25, -0.2) is 0 Å². The molecular formula is C20H22N2O7. The molecule has 0 bridgehead atoms. The summed E-state index contributed by atoms with van der Waals surface area (Å²) in [4.78, 5) is 24.3. The lowest BCUT2D eigenvalue weighted by molar-refractivity contribution is -0.0464. The molecular weight excluding hydrogens is 380 g/mol. The van der Waals surface area contributed by atoms with Crippen LogP contribution in [0.5, 0.6) is 11.5 Å². The highest BCUT2D eigenvalue weighted by atomic mass is 16.5. The van der Waals surface area contributed by atoms with E-state index in [1.807, 2.05) is 0 Å². The van der Waals surface area contributed by atoms with Crippen molar-refractivity contribution in [2.45, 2.75) is 17.8 Å². The first kappa shape index (κ1) is 20.6. The van der Waals surface area contributed by atoms with E-state index in [2.05, 4.69) is 10.6 Å². The minimum atomic E-state index is -1.73. The van der Waals surface area contributed by atoms with Crippen molar-refractivity contribution in [2.24, 2.45) is 0 Å².